The van der Waals surface area contributed by atoms with Gasteiger partial charge in [0.2, 0.25) is 0 Å². The highest BCUT2D eigenvalue weighted by molar-refractivity contribution is 5.84. The normalized spacial score (nSPS) is 12.6. The van der Waals surface area contributed by atoms with Crippen LogP contribution in [0.3, 0.4) is 0 Å². The van der Waals surface area contributed by atoms with Crippen molar-refractivity contribution in [2.45, 2.75) is 19.5 Å². The molecule has 2 aromatic rings. The maximum absolute atomic E-state index is 13.6. The summed E-state index contributed by atoms with van der Waals surface area (Å²) in [6.45, 7) is 3.49. The number of hydrogen-bond acceptors (Lipinski definition) is 5. The molecule has 8 heteroatoms. The monoisotopic (exact) mass is 419 g/mol. The van der Waals surface area contributed by atoms with Crippen molar-refractivity contribution in [2.75, 3.05) is 25.0 Å². The standard InChI is InChI=1S/C22H28F3N5/c1-2-14-28-20-10-6-3-7-16(20)11-12-18(21(30-27)29-15-13-26)17-8-4-5-9-19(17)22(23,24)25/h3-12,28-30H,2,13-15,26-27H2,1H3/b12-11+,21-18+. The number of allylic oxidation sites excluding steroid dienone is 2. The molecule has 2 rings (SSSR count). The number of alkyl halides is 3. The number of hydrazine groups is 1. The lowest BCUT2D eigenvalue weighted by atomic mass is 9.97. The zero-order valence-electron chi connectivity index (χ0n) is 16.9. The number of rotatable bonds is 10. The third-order valence-electron chi connectivity index (χ3n) is 4.34. The van der Waals surface area contributed by atoms with E-state index in [1.54, 1.807) is 18.2 Å². The van der Waals surface area contributed by atoms with E-state index in [0.717, 1.165) is 30.3 Å². The number of anilines is 1. The van der Waals surface area contributed by atoms with Crippen molar-refractivity contribution in [3.05, 3.63) is 77.1 Å². The summed E-state index contributed by atoms with van der Waals surface area (Å²) in [5.74, 6) is 5.89. The summed E-state index contributed by atoms with van der Waals surface area (Å²) in [6, 6.07) is 13.0. The predicted molar refractivity (Wildman–Crippen MR) is 117 cm³/mol. The minimum absolute atomic E-state index is 0.0118. The van der Waals surface area contributed by atoms with Crippen molar-refractivity contribution in [1.82, 2.24) is 10.7 Å². The fraction of sp³-hybridized carbons (Fsp3) is 0.273. The highest BCUT2D eigenvalue weighted by Gasteiger charge is 2.34. The summed E-state index contributed by atoms with van der Waals surface area (Å²) in [6.07, 6.45) is -0.173. The van der Waals surface area contributed by atoms with E-state index in [9.17, 15) is 13.2 Å². The molecule has 0 fully saturated rings. The molecule has 30 heavy (non-hydrogen) atoms. The molecule has 0 bridgehead atoms. The molecule has 0 saturated heterocycles. The lowest BCUT2D eigenvalue weighted by Gasteiger charge is -2.18. The zero-order valence-corrected chi connectivity index (χ0v) is 16.9. The molecule has 0 radical (unpaired) electrons. The van der Waals surface area contributed by atoms with Gasteiger partial charge in [0.05, 0.1) is 5.56 Å². The molecule has 7 N–H and O–H groups in total. The van der Waals surface area contributed by atoms with Gasteiger partial charge in [-0.2, -0.15) is 13.2 Å². The summed E-state index contributed by atoms with van der Waals surface area (Å²) in [5.41, 5.74) is 9.32. The molecule has 0 spiro atoms. The number of halogens is 3. The summed E-state index contributed by atoms with van der Waals surface area (Å²) >= 11 is 0. The van der Waals surface area contributed by atoms with Crippen LogP contribution in [-0.4, -0.2) is 19.6 Å². The molecule has 0 aliphatic carbocycles. The molecule has 0 atom stereocenters. The highest BCUT2D eigenvalue weighted by Crippen LogP contribution is 2.36. The third-order valence-corrected chi connectivity index (χ3v) is 4.34. The lowest BCUT2D eigenvalue weighted by Crippen LogP contribution is -2.35. The van der Waals surface area contributed by atoms with Crippen molar-refractivity contribution in [3.63, 3.8) is 0 Å². The van der Waals surface area contributed by atoms with Gasteiger partial charge in [0.25, 0.3) is 0 Å². The van der Waals surface area contributed by atoms with Gasteiger partial charge in [0.15, 0.2) is 0 Å². The Bertz CT molecular complexity index is 875. The number of para-hydroxylation sites is 1. The Labute approximate surface area is 175 Å². The van der Waals surface area contributed by atoms with E-state index in [1.165, 1.54) is 12.1 Å². The van der Waals surface area contributed by atoms with Gasteiger partial charge >= 0.3 is 6.18 Å². The van der Waals surface area contributed by atoms with E-state index in [-0.39, 0.29) is 17.0 Å². The Kier molecular flexibility index (Phi) is 8.76. The van der Waals surface area contributed by atoms with Crippen LogP contribution in [0, 0.1) is 0 Å². The Morgan fingerprint density at radius 1 is 1.03 bits per heavy atom. The van der Waals surface area contributed by atoms with Crippen molar-refractivity contribution < 1.29 is 13.2 Å². The van der Waals surface area contributed by atoms with Gasteiger partial charge in [-0.05, 0) is 29.7 Å². The van der Waals surface area contributed by atoms with Gasteiger partial charge in [-0.1, -0.05) is 55.5 Å². The molecule has 2 aromatic carbocycles. The zero-order chi connectivity index (χ0) is 22.0. The van der Waals surface area contributed by atoms with Crippen LogP contribution in [0.4, 0.5) is 18.9 Å². The lowest BCUT2D eigenvalue weighted by molar-refractivity contribution is -0.137. The van der Waals surface area contributed by atoms with Crippen molar-refractivity contribution >= 4 is 17.3 Å². The van der Waals surface area contributed by atoms with Crippen LogP contribution >= 0.6 is 0 Å². The topological polar surface area (TPSA) is 88.1 Å². The molecular formula is C22H28F3N5. The van der Waals surface area contributed by atoms with Crippen molar-refractivity contribution in [1.29, 1.82) is 0 Å². The second-order valence-corrected chi connectivity index (χ2v) is 6.54. The second kappa shape index (κ2) is 11.3. The predicted octanol–water partition coefficient (Wildman–Crippen LogP) is 3.92. The maximum atomic E-state index is 13.6. The largest absolute Gasteiger partial charge is 0.417 e. The molecule has 0 saturated carbocycles. The van der Waals surface area contributed by atoms with Gasteiger partial charge in [-0.25, -0.2) is 5.84 Å². The molecule has 0 amide bonds. The maximum Gasteiger partial charge on any atom is 0.417 e. The molecular weight excluding hydrogens is 391 g/mol. The molecule has 162 valence electrons. The van der Waals surface area contributed by atoms with Crippen LogP contribution in [0.5, 0.6) is 0 Å². The van der Waals surface area contributed by atoms with E-state index in [0.29, 0.717) is 13.1 Å². The number of hydrogen-bond donors (Lipinski definition) is 5. The van der Waals surface area contributed by atoms with Crippen LogP contribution in [0.25, 0.3) is 11.6 Å². The first kappa shape index (κ1) is 23.3. The first-order chi connectivity index (χ1) is 14.4. The Morgan fingerprint density at radius 2 is 1.73 bits per heavy atom. The number of benzene rings is 2. The van der Waals surface area contributed by atoms with E-state index in [4.69, 9.17) is 11.6 Å². The number of nitrogens with two attached hydrogens (primary N) is 2. The van der Waals surface area contributed by atoms with Gasteiger partial charge < -0.3 is 21.8 Å². The SMILES string of the molecule is CCCNc1ccccc1/C=C/C(=C(\NN)NCCN)c1ccccc1C(F)(F)F. The minimum atomic E-state index is -4.51. The molecule has 0 aliphatic rings. The van der Waals surface area contributed by atoms with Gasteiger partial charge in [0.1, 0.15) is 5.82 Å². The van der Waals surface area contributed by atoms with E-state index >= 15 is 0 Å². The molecule has 5 nitrogen and oxygen atoms in total. The van der Waals surface area contributed by atoms with Crippen LogP contribution < -0.4 is 27.6 Å². The van der Waals surface area contributed by atoms with Crippen LogP contribution in [0.15, 0.2) is 60.4 Å². The molecule has 0 unspecified atom stereocenters. The third kappa shape index (κ3) is 6.27. The van der Waals surface area contributed by atoms with E-state index in [1.807, 2.05) is 24.3 Å². The Balaban J connectivity index is 2.58. The molecule has 0 aliphatic heterocycles. The van der Waals surface area contributed by atoms with E-state index < -0.39 is 11.7 Å². The quantitative estimate of drug-likeness (QED) is 0.229. The van der Waals surface area contributed by atoms with Crippen LogP contribution in [-0.2, 0) is 6.18 Å². The average molecular weight is 419 g/mol. The second-order valence-electron chi connectivity index (χ2n) is 6.54. The summed E-state index contributed by atoms with van der Waals surface area (Å²) < 4.78 is 40.9. The summed E-state index contributed by atoms with van der Waals surface area (Å²) in [7, 11) is 0. The minimum Gasteiger partial charge on any atom is -0.385 e. The van der Waals surface area contributed by atoms with Crippen LogP contribution in [0.2, 0.25) is 0 Å². The van der Waals surface area contributed by atoms with Crippen molar-refractivity contribution in [3.8, 4) is 0 Å². The summed E-state index contributed by atoms with van der Waals surface area (Å²) in [5, 5.41) is 6.29. The van der Waals surface area contributed by atoms with Crippen LogP contribution in [0.1, 0.15) is 30.0 Å². The first-order valence-electron chi connectivity index (χ1n) is 9.74. The average Bonchev–Trinajstić information content (AvgIpc) is 2.74. The Morgan fingerprint density at radius 3 is 2.40 bits per heavy atom. The summed E-state index contributed by atoms with van der Waals surface area (Å²) in [4.78, 5) is 0. The molecule has 0 aromatic heterocycles. The Hall–Kier alpha value is -2.97. The fourth-order valence-electron chi connectivity index (χ4n) is 2.93. The van der Waals surface area contributed by atoms with E-state index in [2.05, 4.69) is 23.0 Å². The fourth-order valence-corrected chi connectivity index (χ4v) is 2.93. The highest BCUT2D eigenvalue weighted by atomic mass is 19.4. The van der Waals surface area contributed by atoms with Gasteiger partial charge in [-0.15, -0.1) is 0 Å². The smallest absolute Gasteiger partial charge is 0.385 e. The van der Waals surface area contributed by atoms with Gasteiger partial charge in [0, 0.05) is 30.9 Å². The number of nitrogens with one attached hydrogen (secondary N) is 3. The van der Waals surface area contributed by atoms with Gasteiger partial charge in [-0.3, -0.25) is 0 Å². The molecule has 0 heterocycles. The van der Waals surface area contributed by atoms with Crippen molar-refractivity contribution in [2.24, 2.45) is 11.6 Å². The first-order valence-corrected chi connectivity index (χ1v) is 9.74.